The van der Waals surface area contributed by atoms with Gasteiger partial charge in [0.25, 0.3) is 5.56 Å². The van der Waals surface area contributed by atoms with Crippen LogP contribution in [0.5, 0.6) is 0 Å². The molecule has 1 fully saturated rings. The molecular formula is C17H15BrF2N2O4. The molecule has 1 aliphatic carbocycles. The molecule has 3 rings (SSSR count). The summed E-state index contributed by atoms with van der Waals surface area (Å²) >= 11 is 3.11. The zero-order valence-electron chi connectivity index (χ0n) is 13.5. The van der Waals surface area contributed by atoms with Gasteiger partial charge in [0.05, 0.1) is 18.0 Å². The molecule has 1 heterocycles. The Morgan fingerprint density at radius 3 is 2.73 bits per heavy atom. The molecule has 26 heavy (non-hydrogen) atoms. The minimum Gasteiger partial charge on any atom is -0.459 e. The van der Waals surface area contributed by atoms with Crippen molar-refractivity contribution in [3.05, 3.63) is 56.4 Å². The predicted molar refractivity (Wildman–Crippen MR) is 93.6 cm³/mol. The minimum absolute atomic E-state index is 0.105. The maximum absolute atomic E-state index is 14.6. The summed E-state index contributed by atoms with van der Waals surface area (Å²) in [4.78, 5) is 24.5. The average molecular weight is 429 g/mol. The van der Waals surface area contributed by atoms with Crippen molar-refractivity contribution in [3.8, 4) is 0 Å². The van der Waals surface area contributed by atoms with Crippen LogP contribution in [0.4, 0.5) is 20.2 Å². The van der Waals surface area contributed by atoms with E-state index in [0.717, 1.165) is 16.8 Å². The highest BCUT2D eigenvalue weighted by molar-refractivity contribution is 9.10. The number of halogens is 3. The third kappa shape index (κ3) is 3.94. The summed E-state index contributed by atoms with van der Waals surface area (Å²) in [6.07, 6.45) is 2.30. The fourth-order valence-corrected chi connectivity index (χ4v) is 2.64. The fraction of sp³-hybridized carbons (Fsp3) is 0.294. The summed E-state index contributed by atoms with van der Waals surface area (Å²) in [5, 5.41) is 11.5. The van der Waals surface area contributed by atoms with Crippen LogP contribution in [0, 0.1) is 11.6 Å². The highest BCUT2D eigenvalue weighted by Crippen LogP contribution is 2.29. The van der Waals surface area contributed by atoms with Crippen LogP contribution >= 0.6 is 15.9 Å². The summed E-state index contributed by atoms with van der Waals surface area (Å²) in [7, 11) is 0. The van der Waals surface area contributed by atoms with Crippen molar-refractivity contribution >= 4 is 33.3 Å². The van der Waals surface area contributed by atoms with Gasteiger partial charge in [-0.2, -0.15) is 4.39 Å². The summed E-state index contributed by atoms with van der Waals surface area (Å²) < 4.78 is 35.2. The summed E-state index contributed by atoms with van der Waals surface area (Å²) in [6, 6.07) is 4.03. The molecule has 0 saturated heterocycles. The zero-order valence-corrected chi connectivity index (χ0v) is 15.1. The number of ether oxygens (including phenoxy) is 1. The lowest BCUT2D eigenvalue weighted by atomic mass is 10.2. The first kappa shape index (κ1) is 18.5. The van der Waals surface area contributed by atoms with E-state index in [-0.39, 0.29) is 23.9 Å². The molecule has 6 nitrogen and oxygen atoms in total. The van der Waals surface area contributed by atoms with Crippen LogP contribution in [0.15, 0.2) is 33.7 Å². The first-order valence-corrected chi connectivity index (χ1v) is 8.67. The fourth-order valence-electron chi connectivity index (χ4n) is 2.31. The lowest BCUT2D eigenvalue weighted by Crippen LogP contribution is -2.28. The summed E-state index contributed by atoms with van der Waals surface area (Å²) in [6.45, 7) is -0.600. The topological polar surface area (TPSA) is 80.6 Å². The van der Waals surface area contributed by atoms with Gasteiger partial charge in [0, 0.05) is 17.2 Å². The summed E-state index contributed by atoms with van der Waals surface area (Å²) in [5.74, 6) is -2.77. The van der Waals surface area contributed by atoms with Crippen LogP contribution in [0.2, 0.25) is 0 Å². The third-order valence-electron chi connectivity index (χ3n) is 3.77. The number of nitrogens with zero attached hydrogens (tertiary/aromatic N) is 1. The molecule has 0 atom stereocenters. The van der Waals surface area contributed by atoms with E-state index in [9.17, 15) is 18.4 Å². The Kier molecular flexibility index (Phi) is 5.38. The molecule has 0 amide bonds. The lowest BCUT2D eigenvalue weighted by Gasteiger charge is -2.15. The number of carbonyl (C=O) groups excluding carboxylic acids is 1. The number of hydrogen-bond acceptors (Lipinski definition) is 5. The number of carbonyl (C=O) groups is 1. The zero-order chi connectivity index (χ0) is 18.8. The van der Waals surface area contributed by atoms with E-state index in [1.54, 1.807) is 0 Å². The van der Waals surface area contributed by atoms with Crippen molar-refractivity contribution in [1.29, 1.82) is 0 Å². The molecule has 1 aromatic carbocycles. The van der Waals surface area contributed by atoms with Crippen molar-refractivity contribution in [1.82, 2.24) is 4.57 Å². The van der Waals surface area contributed by atoms with Crippen LogP contribution in [0.3, 0.4) is 0 Å². The van der Waals surface area contributed by atoms with Gasteiger partial charge in [0.15, 0.2) is 0 Å². The molecule has 0 unspecified atom stereocenters. The summed E-state index contributed by atoms with van der Waals surface area (Å²) in [5.41, 5.74) is -1.85. The van der Waals surface area contributed by atoms with Gasteiger partial charge in [0.2, 0.25) is 5.82 Å². The molecule has 9 heteroatoms. The number of aromatic nitrogens is 1. The molecule has 1 saturated carbocycles. The van der Waals surface area contributed by atoms with Crippen molar-refractivity contribution in [3.63, 3.8) is 0 Å². The molecular weight excluding hydrogens is 414 g/mol. The first-order valence-electron chi connectivity index (χ1n) is 7.87. The molecule has 2 aromatic rings. The number of rotatable bonds is 6. The van der Waals surface area contributed by atoms with Crippen LogP contribution in [-0.2, 0) is 11.3 Å². The second kappa shape index (κ2) is 7.55. The van der Waals surface area contributed by atoms with E-state index >= 15 is 0 Å². The normalized spacial score (nSPS) is 13.5. The van der Waals surface area contributed by atoms with E-state index in [1.807, 2.05) is 0 Å². The van der Waals surface area contributed by atoms with Crippen molar-refractivity contribution in [2.24, 2.45) is 0 Å². The molecule has 1 aromatic heterocycles. The highest BCUT2D eigenvalue weighted by atomic mass is 79.9. The second-order valence-corrected chi connectivity index (χ2v) is 6.72. The Morgan fingerprint density at radius 1 is 1.38 bits per heavy atom. The Balaban J connectivity index is 2.06. The van der Waals surface area contributed by atoms with E-state index in [1.165, 1.54) is 12.1 Å². The van der Waals surface area contributed by atoms with E-state index < -0.39 is 35.5 Å². The van der Waals surface area contributed by atoms with Crippen molar-refractivity contribution in [2.75, 3.05) is 11.9 Å². The molecule has 0 bridgehead atoms. The number of pyridine rings is 1. The van der Waals surface area contributed by atoms with Crippen LogP contribution < -0.4 is 10.9 Å². The van der Waals surface area contributed by atoms with Gasteiger partial charge in [-0.25, -0.2) is 9.18 Å². The van der Waals surface area contributed by atoms with Crippen LogP contribution in [0.25, 0.3) is 0 Å². The van der Waals surface area contributed by atoms with Crippen LogP contribution in [0.1, 0.15) is 23.2 Å². The van der Waals surface area contributed by atoms with Gasteiger partial charge in [-0.15, -0.1) is 0 Å². The third-order valence-corrected chi connectivity index (χ3v) is 4.27. The Hall–Kier alpha value is -2.26. The van der Waals surface area contributed by atoms with Gasteiger partial charge >= 0.3 is 5.97 Å². The van der Waals surface area contributed by atoms with E-state index in [0.29, 0.717) is 17.3 Å². The van der Waals surface area contributed by atoms with E-state index in [4.69, 9.17) is 9.84 Å². The predicted octanol–water partition coefficient (Wildman–Crippen LogP) is 2.94. The number of esters is 1. The maximum Gasteiger partial charge on any atom is 0.342 e. The van der Waals surface area contributed by atoms with Gasteiger partial charge in [-0.1, -0.05) is 15.9 Å². The van der Waals surface area contributed by atoms with Gasteiger partial charge in [0.1, 0.15) is 17.5 Å². The van der Waals surface area contributed by atoms with Crippen molar-refractivity contribution in [2.45, 2.75) is 25.5 Å². The van der Waals surface area contributed by atoms with Gasteiger partial charge in [-0.05, 0) is 31.0 Å². The molecule has 138 valence electrons. The quantitative estimate of drug-likeness (QED) is 0.691. The number of aliphatic hydroxyl groups is 1. The first-order chi connectivity index (χ1) is 12.4. The monoisotopic (exact) mass is 428 g/mol. The Bertz CT molecular complexity index is 912. The molecule has 2 N–H and O–H groups in total. The number of hydrogen-bond donors (Lipinski definition) is 2. The SMILES string of the molecule is O=C(OC1CC1)c1cn(CCO)c(=O)c(F)c1Nc1ccc(Br)cc1F. The van der Waals surface area contributed by atoms with Crippen molar-refractivity contribution < 1.29 is 23.4 Å². The number of nitrogens with one attached hydrogen (secondary N) is 1. The van der Waals surface area contributed by atoms with Crippen LogP contribution in [-0.4, -0.2) is 28.4 Å². The van der Waals surface area contributed by atoms with Gasteiger partial charge < -0.3 is 19.7 Å². The highest BCUT2D eigenvalue weighted by Gasteiger charge is 2.29. The lowest BCUT2D eigenvalue weighted by molar-refractivity contribution is 0.0471. The molecule has 0 radical (unpaired) electrons. The number of benzene rings is 1. The van der Waals surface area contributed by atoms with Gasteiger partial charge in [-0.3, -0.25) is 4.79 Å². The largest absolute Gasteiger partial charge is 0.459 e. The Morgan fingerprint density at radius 2 is 2.12 bits per heavy atom. The number of aliphatic hydroxyl groups excluding tert-OH is 1. The Labute approximate surface area is 155 Å². The second-order valence-electron chi connectivity index (χ2n) is 5.81. The maximum atomic E-state index is 14.6. The minimum atomic E-state index is -1.26. The smallest absolute Gasteiger partial charge is 0.342 e. The average Bonchev–Trinajstić information content (AvgIpc) is 3.40. The van der Waals surface area contributed by atoms with E-state index in [2.05, 4.69) is 21.2 Å². The molecule has 0 aliphatic heterocycles. The standard InChI is InChI=1S/C17H15BrF2N2O4/c18-9-1-4-13(12(19)7-9)21-15-11(17(25)26-10-2-3-10)8-22(5-6-23)16(24)14(15)20/h1,4,7-8,10,21,23H,2-3,5-6H2. The molecule has 0 spiro atoms. The molecule has 1 aliphatic rings. The number of anilines is 2.